The molecule has 0 amide bonds. The first-order chi connectivity index (χ1) is 4.22. The van der Waals surface area contributed by atoms with Crippen molar-refractivity contribution in [1.29, 1.82) is 0 Å². The molecule has 0 fully saturated rings. The molecular weight excluding hydrogens is 190 g/mol. The number of halogens is 1. The molecule has 5 heteroatoms. The Bertz CT molecular complexity index is 231. The fraction of sp³-hybridized carbons (Fsp3) is 0. The van der Waals surface area contributed by atoms with Crippen molar-refractivity contribution in [1.82, 2.24) is 5.16 Å². The summed E-state index contributed by atoms with van der Waals surface area (Å²) >= 11 is 2.93. The van der Waals surface area contributed by atoms with Crippen LogP contribution < -0.4 is 0 Å². The van der Waals surface area contributed by atoms with E-state index in [1.807, 2.05) is 0 Å². The van der Waals surface area contributed by atoms with Crippen LogP contribution in [0.15, 0.2) is 15.3 Å². The molecule has 0 saturated carbocycles. The minimum absolute atomic E-state index is 0.102. The van der Waals surface area contributed by atoms with E-state index in [0.29, 0.717) is 4.47 Å². The fourth-order valence-electron chi connectivity index (χ4n) is 0.366. The fourth-order valence-corrected chi connectivity index (χ4v) is 0.692. The third-order valence-electron chi connectivity index (χ3n) is 0.729. The van der Waals surface area contributed by atoms with Crippen LogP contribution in [-0.2, 0) is 0 Å². The van der Waals surface area contributed by atoms with Gasteiger partial charge in [-0.1, -0.05) is 5.16 Å². The van der Waals surface area contributed by atoms with Gasteiger partial charge in [-0.3, -0.25) is 0 Å². The summed E-state index contributed by atoms with van der Waals surface area (Å²) in [7, 11) is 0. The SMILES string of the molecule is O=C(O)c1nocc1Br. The summed E-state index contributed by atoms with van der Waals surface area (Å²) < 4.78 is 4.69. The zero-order valence-electron chi connectivity index (χ0n) is 4.17. The van der Waals surface area contributed by atoms with Crippen LogP contribution in [0.1, 0.15) is 10.5 Å². The Morgan fingerprint density at radius 3 is 2.78 bits per heavy atom. The standard InChI is InChI=1S/C4H2BrNO3/c5-2-1-9-6-3(2)4(7)8/h1H,(H,7,8). The van der Waals surface area contributed by atoms with Gasteiger partial charge < -0.3 is 9.63 Å². The lowest BCUT2D eigenvalue weighted by molar-refractivity contribution is 0.0685. The van der Waals surface area contributed by atoms with Crippen LogP contribution in [0.4, 0.5) is 0 Å². The van der Waals surface area contributed by atoms with Crippen LogP contribution in [0.3, 0.4) is 0 Å². The normalized spacial score (nSPS) is 9.44. The zero-order valence-corrected chi connectivity index (χ0v) is 5.75. The molecule has 0 unspecified atom stereocenters. The van der Waals surface area contributed by atoms with E-state index in [4.69, 9.17) is 5.11 Å². The smallest absolute Gasteiger partial charge is 0.359 e. The van der Waals surface area contributed by atoms with Crippen LogP contribution in [0, 0.1) is 0 Å². The van der Waals surface area contributed by atoms with Gasteiger partial charge in [-0.2, -0.15) is 0 Å². The number of carboxylic acids is 1. The number of hydrogen-bond donors (Lipinski definition) is 1. The topological polar surface area (TPSA) is 63.3 Å². The summed E-state index contributed by atoms with van der Waals surface area (Å²) in [6.45, 7) is 0. The molecule has 0 aliphatic carbocycles. The summed E-state index contributed by atoms with van der Waals surface area (Å²) in [4.78, 5) is 10.1. The lowest BCUT2D eigenvalue weighted by Gasteiger charge is -1.80. The number of rotatable bonds is 1. The third-order valence-corrected chi connectivity index (χ3v) is 1.29. The number of carbonyl (C=O) groups is 1. The second kappa shape index (κ2) is 2.18. The van der Waals surface area contributed by atoms with Gasteiger partial charge in [-0.25, -0.2) is 4.79 Å². The number of nitrogens with zero attached hydrogens (tertiary/aromatic N) is 1. The van der Waals surface area contributed by atoms with E-state index in [2.05, 4.69) is 25.6 Å². The number of carboxylic acid groups (broad SMARTS) is 1. The molecule has 1 heterocycles. The van der Waals surface area contributed by atoms with E-state index >= 15 is 0 Å². The van der Waals surface area contributed by atoms with Gasteiger partial charge in [0, 0.05) is 0 Å². The minimum atomic E-state index is -1.10. The third kappa shape index (κ3) is 1.10. The first kappa shape index (κ1) is 6.28. The van der Waals surface area contributed by atoms with Crippen molar-refractivity contribution in [3.8, 4) is 0 Å². The van der Waals surface area contributed by atoms with E-state index in [0.717, 1.165) is 0 Å². The Hall–Kier alpha value is -0.840. The maximum absolute atomic E-state index is 10.1. The molecule has 9 heavy (non-hydrogen) atoms. The Balaban J connectivity index is 3.08. The van der Waals surface area contributed by atoms with Crippen molar-refractivity contribution in [2.24, 2.45) is 0 Å². The summed E-state index contributed by atoms with van der Waals surface area (Å²) in [5, 5.41) is 11.5. The number of aromatic carboxylic acids is 1. The van der Waals surface area contributed by atoms with E-state index in [1.54, 1.807) is 0 Å². The van der Waals surface area contributed by atoms with Gasteiger partial charge in [-0.05, 0) is 15.9 Å². The molecule has 1 rings (SSSR count). The van der Waals surface area contributed by atoms with Crippen LogP contribution in [0.25, 0.3) is 0 Å². The molecule has 0 atom stereocenters. The van der Waals surface area contributed by atoms with Gasteiger partial charge in [0.25, 0.3) is 0 Å². The Morgan fingerprint density at radius 2 is 2.56 bits per heavy atom. The van der Waals surface area contributed by atoms with Crippen LogP contribution in [-0.4, -0.2) is 16.2 Å². The number of aromatic nitrogens is 1. The second-order valence-electron chi connectivity index (χ2n) is 1.32. The van der Waals surface area contributed by atoms with Gasteiger partial charge in [-0.15, -0.1) is 0 Å². The van der Waals surface area contributed by atoms with Crippen molar-refractivity contribution in [2.75, 3.05) is 0 Å². The van der Waals surface area contributed by atoms with Gasteiger partial charge in [0.1, 0.15) is 6.26 Å². The first-order valence-corrected chi connectivity index (χ1v) is 2.84. The predicted octanol–water partition coefficient (Wildman–Crippen LogP) is 1.14. The van der Waals surface area contributed by atoms with Gasteiger partial charge >= 0.3 is 5.97 Å². The van der Waals surface area contributed by atoms with E-state index in [1.165, 1.54) is 6.26 Å². The molecule has 48 valence electrons. The van der Waals surface area contributed by atoms with E-state index in [-0.39, 0.29) is 5.69 Å². The van der Waals surface area contributed by atoms with Crippen molar-refractivity contribution in [3.05, 3.63) is 16.4 Å². The van der Waals surface area contributed by atoms with Gasteiger partial charge in [0.15, 0.2) is 0 Å². The van der Waals surface area contributed by atoms with E-state index in [9.17, 15) is 4.79 Å². The van der Waals surface area contributed by atoms with Crippen molar-refractivity contribution in [3.63, 3.8) is 0 Å². The van der Waals surface area contributed by atoms with Gasteiger partial charge in [0.05, 0.1) is 4.47 Å². The zero-order chi connectivity index (χ0) is 6.85. The van der Waals surface area contributed by atoms with Gasteiger partial charge in [0.2, 0.25) is 5.69 Å². The highest BCUT2D eigenvalue weighted by Crippen LogP contribution is 2.13. The van der Waals surface area contributed by atoms with Crippen LogP contribution in [0.2, 0.25) is 0 Å². The second-order valence-corrected chi connectivity index (χ2v) is 2.17. The maximum Gasteiger partial charge on any atom is 0.359 e. The molecule has 0 aromatic carbocycles. The maximum atomic E-state index is 10.1. The molecule has 0 bridgehead atoms. The molecule has 1 aromatic rings. The quantitative estimate of drug-likeness (QED) is 0.724. The van der Waals surface area contributed by atoms with Crippen molar-refractivity contribution in [2.45, 2.75) is 0 Å². The highest BCUT2D eigenvalue weighted by Gasteiger charge is 2.11. The van der Waals surface area contributed by atoms with E-state index < -0.39 is 5.97 Å². The minimum Gasteiger partial charge on any atom is -0.476 e. The lowest BCUT2D eigenvalue weighted by Crippen LogP contribution is -1.96. The number of hydrogen-bond acceptors (Lipinski definition) is 3. The molecule has 1 N–H and O–H groups in total. The predicted molar refractivity (Wildman–Crippen MR) is 31.2 cm³/mol. The van der Waals surface area contributed by atoms with Crippen LogP contribution in [0.5, 0.6) is 0 Å². The average molecular weight is 192 g/mol. The van der Waals surface area contributed by atoms with Crippen LogP contribution >= 0.6 is 15.9 Å². The summed E-state index contributed by atoms with van der Waals surface area (Å²) in [6, 6.07) is 0. The largest absolute Gasteiger partial charge is 0.476 e. The molecule has 0 spiro atoms. The Morgan fingerprint density at radius 1 is 1.89 bits per heavy atom. The molecule has 0 saturated heterocycles. The molecule has 4 nitrogen and oxygen atoms in total. The van der Waals surface area contributed by atoms with Crippen molar-refractivity contribution >= 4 is 21.9 Å². The molecule has 0 aliphatic rings. The summed E-state index contributed by atoms with van der Waals surface area (Å²) in [5.74, 6) is -1.10. The average Bonchev–Trinajstić information content (AvgIpc) is 2.13. The summed E-state index contributed by atoms with van der Waals surface area (Å²) in [5.41, 5.74) is -0.102. The summed E-state index contributed by atoms with van der Waals surface area (Å²) in [6.07, 6.45) is 1.21. The Labute approximate surface area is 58.6 Å². The molecule has 0 aliphatic heterocycles. The first-order valence-electron chi connectivity index (χ1n) is 2.05. The molecule has 0 radical (unpaired) electrons. The molecule has 1 aromatic heterocycles. The molecular formula is C4H2BrNO3. The lowest BCUT2D eigenvalue weighted by atomic mass is 10.5. The monoisotopic (exact) mass is 191 g/mol. The van der Waals surface area contributed by atoms with Crippen molar-refractivity contribution < 1.29 is 14.4 Å². The highest BCUT2D eigenvalue weighted by atomic mass is 79.9. The Kier molecular flexibility index (Phi) is 1.52. The highest BCUT2D eigenvalue weighted by molar-refractivity contribution is 9.10.